The molecule has 2 aliphatic rings. The van der Waals surface area contributed by atoms with E-state index in [0.29, 0.717) is 17.4 Å². The van der Waals surface area contributed by atoms with Gasteiger partial charge in [-0.25, -0.2) is 4.39 Å². The number of rotatable bonds is 3. The third-order valence-corrected chi connectivity index (χ3v) is 4.93. The maximum Gasteiger partial charge on any atom is 0.252 e. The molecule has 2 aromatic rings. The number of anilines is 1. The monoisotopic (exact) mass is 325 g/mol. The molecule has 0 bridgehead atoms. The predicted molar refractivity (Wildman–Crippen MR) is 90.5 cm³/mol. The van der Waals surface area contributed by atoms with Gasteiger partial charge in [0, 0.05) is 18.0 Å². The van der Waals surface area contributed by atoms with Crippen molar-refractivity contribution in [2.75, 3.05) is 11.9 Å². The van der Waals surface area contributed by atoms with Crippen LogP contribution in [0.3, 0.4) is 0 Å². The molecule has 1 aliphatic heterocycles. The number of hydrogen-bond donors (Lipinski definition) is 2. The largest absolute Gasteiger partial charge is 0.383 e. The van der Waals surface area contributed by atoms with Crippen LogP contribution in [0.4, 0.5) is 10.1 Å². The predicted octanol–water partition coefficient (Wildman–Crippen LogP) is 3.41. The number of nitrogens with zero attached hydrogens (tertiary/aromatic N) is 1. The van der Waals surface area contributed by atoms with Crippen molar-refractivity contribution in [1.29, 1.82) is 0 Å². The van der Waals surface area contributed by atoms with Crippen molar-refractivity contribution in [3.05, 3.63) is 59.2 Å². The van der Waals surface area contributed by atoms with E-state index >= 15 is 0 Å². The fourth-order valence-corrected chi connectivity index (χ4v) is 3.33. The lowest BCUT2D eigenvalue weighted by atomic mass is 9.97. The Morgan fingerprint density at radius 3 is 2.75 bits per heavy atom. The molecule has 0 saturated heterocycles. The molecule has 0 radical (unpaired) electrons. The van der Waals surface area contributed by atoms with Gasteiger partial charge in [0.2, 0.25) is 0 Å². The summed E-state index contributed by atoms with van der Waals surface area (Å²) in [6.07, 6.45) is 1.19. The number of carbonyl (C=O) groups excluding carboxylic acids is 1. The minimum atomic E-state index is -0.609. The van der Waals surface area contributed by atoms with Gasteiger partial charge in [0.05, 0.1) is 22.6 Å². The van der Waals surface area contributed by atoms with Gasteiger partial charge in [0.1, 0.15) is 5.82 Å². The molecule has 1 amide bonds. The maximum atomic E-state index is 13.0. The van der Waals surface area contributed by atoms with Crippen molar-refractivity contribution in [2.24, 2.45) is 5.92 Å². The van der Waals surface area contributed by atoms with Crippen molar-refractivity contribution in [3.63, 3.8) is 0 Å². The van der Waals surface area contributed by atoms with Crippen LogP contribution in [0, 0.1) is 11.7 Å². The summed E-state index contributed by atoms with van der Waals surface area (Å²) >= 11 is 0. The van der Waals surface area contributed by atoms with E-state index in [1.807, 2.05) is 19.9 Å². The third kappa shape index (κ3) is 2.64. The van der Waals surface area contributed by atoms with Crippen molar-refractivity contribution in [3.8, 4) is 0 Å². The summed E-state index contributed by atoms with van der Waals surface area (Å²) in [5.74, 6) is 0.678. The number of hydrogen-bond acceptors (Lipinski definition) is 3. The molecule has 24 heavy (non-hydrogen) atoms. The van der Waals surface area contributed by atoms with Gasteiger partial charge in [-0.2, -0.15) is 0 Å². The number of fused-ring (bicyclic) bond motifs is 3. The van der Waals surface area contributed by atoms with E-state index in [-0.39, 0.29) is 11.7 Å². The van der Waals surface area contributed by atoms with Gasteiger partial charge in [-0.3, -0.25) is 9.78 Å². The average molecular weight is 325 g/mol. The zero-order chi connectivity index (χ0) is 16.9. The molecule has 5 heteroatoms. The summed E-state index contributed by atoms with van der Waals surface area (Å²) in [5.41, 5.74) is 2.89. The van der Waals surface area contributed by atoms with Gasteiger partial charge in [0.15, 0.2) is 0 Å². The zero-order valence-corrected chi connectivity index (χ0v) is 13.8. The van der Waals surface area contributed by atoms with Crippen molar-refractivity contribution >= 4 is 11.6 Å². The lowest BCUT2D eigenvalue weighted by molar-refractivity contribution is 0.0910. The minimum absolute atomic E-state index is 0.234. The lowest BCUT2D eigenvalue weighted by Gasteiger charge is -2.28. The molecule has 2 unspecified atom stereocenters. The molecule has 0 spiro atoms. The molecule has 4 nitrogen and oxygen atoms in total. The van der Waals surface area contributed by atoms with Crippen LogP contribution in [0.15, 0.2) is 36.4 Å². The molecule has 1 aliphatic carbocycles. The van der Waals surface area contributed by atoms with Gasteiger partial charge in [-0.05, 0) is 62.6 Å². The summed E-state index contributed by atoms with van der Waals surface area (Å²) in [6.45, 7) is 4.90. The Bertz CT molecular complexity index is 801. The number of amides is 1. The summed E-state index contributed by atoms with van der Waals surface area (Å²) in [5, 5.41) is 6.42. The minimum Gasteiger partial charge on any atom is -0.383 e. The maximum absolute atomic E-state index is 13.0. The van der Waals surface area contributed by atoms with E-state index in [1.54, 1.807) is 0 Å². The van der Waals surface area contributed by atoms with Crippen LogP contribution in [-0.2, 0) is 5.54 Å². The first-order valence-electron chi connectivity index (χ1n) is 8.27. The fourth-order valence-electron chi connectivity index (χ4n) is 3.33. The van der Waals surface area contributed by atoms with Gasteiger partial charge in [-0.1, -0.05) is 0 Å². The Labute approximate surface area is 140 Å². The average Bonchev–Trinajstić information content (AvgIpc) is 3.34. The van der Waals surface area contributed by atoms with Crippen LogP contribution in [-0.4, -0.2) is 17.4 Å². The highest BCUT2D eigenvalue weighted by atomic mass is 19.1. The van der Waals surface area contributed by atoms with Gasteiger partial charge >= 0.3 is 0 Å². The van der Waals surface area contributed by atoms with E-state index in [2.05, 4.69) is 16.7 Å². The standard InChI is InChI=1S/C19H20FN3O/c1-19(2,23-18(24)11-3-5-13(20)6-4-11)16-8-7-15-17(22-16)14-9-12(14)10-21-15/h3-8,12,14,21H,9-10H2,1-2H3,(H,23,24). The number of benzene rings is 1. The Hall–Kier alpha value is -2.43. The summed E-state index contributed by atoms with van der Waals surface area (Å²) in [4.78, 5) is 17.3. The highest BCUT2D eigenvalue weighted by molar-refractivity contribution is 5.94. The number of pyridine rings is 1. The van der Waals surface area contributed by atoms with Crippen LogP contribution in [0.2, 0.25) is 0 Å². The molecule has 1 saturated carbocycles. The smallest absolute Gasteiger partial charge is 0.252 e. The van der Waals surface area contributed by atoms with Crippen LogP contribution >= 0.6 is 0 Å². The highest BCUT2D eigenvalue weighted by Gasteiger charge is 2.44. The number of halogens is 1. The first kappa shape index (κ1) is 15.1. The molecular formula is C19H20FN3O. The summed E-state index contributed by atoms with van der Waals surface area (Å²) in [7, 11) is 0. The van der Waals surface area contributed by atoms with Crippen molar-refractivity contribution in [1.82, 2.24) is 10.3 Å². The molecule has 2 atom stereocenters. The van der Waals surface area contributed by atoms with E-state index in [4.69, 9.17) is 4.98 Å². The van der Waals surface area contributed by atoms with Gasteiger partial charge in [-0.15, -0.1) is 0 Å². The number of nitrogens with one attached hydrogen (secondary N) is 2. The topological polar surface area (TPSA) is 54.0 Å². The van der Waals surface area contributed by atoms with E-state index in [9.17, 15) is 9.18 Å². The molecule has 1 aromatic heterocycles. The SMILES string of the molecule is CC(C)(NC(=O)c1ccc(F)cc1)c1ccc2c(n1)C1CC1CN2. The molecule has 2 N–H and O–H groups in total. The molecular weight excluding hydrogens is 305 g/mol. The van der Waals surface area contributed by atoms with Crippen LogP contribution in [0.1, 0.15) is 47.9 Å². The van der Waals surface area contributed by atoms with Gasteiger partial charge in [0.25, 0.3) is 5.91 Å². The lowest BCUT2D eigenvalue weighted by Crippen LogP contribution is -2.41. The molecule has 2 heterocycles. The van der Waals surface area contributed by atoms with E-state index in [0.717, 1.165) is 23.6 Å². The summed E-state index contributed by atoms with van der Waals surface area (Å²) < 4.78 is 13.0. The Morgan fingerprint density at radius 1 is 1.25 bits per heavy atom. The molecule has 124 valence electrons. The first-order chi connectivity index (χ1) is 11.4. The Morgan fingerprint density at radius 2 is 2.00 bits per heavy atom. The van der Waals surface area contributed by atoms with Crippen LogP contribution in [0.25, 0.3) is 0 Å². The Balaban J connectivity index is 1.57. The van der Waals surface area contributed by atoms with Crippen LogP contribution < -0.4 is 10.6 Å². The molecule has 1 aromatic carbocycles. The highest BCUT2D eigenvalue weighted by Crippen LogP contribution is 2.52. The first-order valence-corrected chi connectivity index (χ1v) is 8.27. The summed E-state index contributed by atoms with van der Waals surface area (Å²) in [6, 6.07) is 9.56. The fraction of sp³-hybridized carbons (Fsp3) is 0.368. The number of carbonyl (C=O) groups is 1. The van der Waals surface area contributed by atoms with Crippen molar-refractivity contribution in [2.45, 2.75) is 31.7 Å². The zero-order valence-electron chi connectivity index (χ0n) is 13.8. The molecule has 1 fully saturated rings. The quantitative estimate of drug-likeness (QED) is 0.909. The second kappa shape index (κ2) is 5.30. The second-order valence-corrected chi connectivity index (χ2v) is 7.20. The van der Waals surface area contributed by atoms with E-state index in [1.165, 1.54) is 30.7 Å². The number of aromatic nitrogens is 1. The Kier molecular flexibility index (Phi) is 3.34. The van der Waals surface area contributed by atoms with Gasteiger partial charge < -0.3 is 10.6 Å². The van der Waals surface area contributed by atoms with E-state index < -0.39 is 5.54 Å². The van der Waals surface area contributed by atoms with Crippen molar-refractivity contribution < 1.29 is 9.18 Å². The molecule has 4 rings (SSSR count). The normalized spacial score (nSPS) is 21.3. The third-order valence-electron chi connectivity index (χ3n) is 4.93. The van der Waals surface area contributed by atoms with Crippen LogP contribution in [0.5, 0.6) is 0 Å². The second-order valence-electron chi connectivity index (χ2n) is 7.20.